The monoisotopic (exact) mass is 295 g/mol. The Morgan fingerprint density at radius 3 is 2.81 bits per heavy atom. The number of benzene rings is 1. The Morgan fingerprint density at radius 2 is 2.24 bits per heavy atom. The molecule has 0 unspecified atom stereocenters. The summed E-state index contributed by atoms with van der Waals surface area (Å²) in [5.74, 6) is -2.43. The smallest absolute Gasteiger partial charge is 0.309 e. The number of nitrogens with zero attached hydrogens (tertiary/aromatic N) is 1. The summed E-state index contributed by atoms with van der Waals surface area (Å²) < 4.78 is 18.2. The lowest BCUT2D eigenvalue weighted by molar-refractivity contribution is -0.142. The number of rotatable bonds is 5. The lowest BCUT2D eigenvalue weighted by atomic mass is 9.91. The van der Waals surface area contributed by atoms with Gasteiger partial charge < -0.3 is 14.7 Å². The molecule has 0 aliphatic carbocycles. The number of carboxylic acids is 1. The second-order valence-electron chi connectivity index (χ2n) is 5.17. The zero-order chi connectivity index (χ0) is 15.6. The van der Waals surface area contributed by atoms with Crippen LogP contribution in [0.3, 0.4) is 0 Å². The van der Waals surface area contributed by atoms with Gasteiger partial charge in [-0.05, 0) is 30.2 Å². The molecule has 1 heterocycles. The molecule has 1 N–H and O–H groups in total. The van der Waals surface area contributed by atoms with Gasteiger partial charge in [0, 0.05) is 20.1 Å². The molecule has 114 valence electrons. The van der Waals surface area contributed by atoms with Crippen molar-refractivity contribution in [3.05, 3.63) is 35.1 Å². The summed E-state index contributed by atoms with van der Waals surface area (Å²) in [6.45, 7) is 2.37. The van der Waals surface area contributed by atoms with E-state index in [-0.39, 0.29) is 18.1 Å². The SMILES string of the molecule is COCCN1C(=O)C[C@@H](C(=O)O)[C@@H]1c1ccc(F)cc1C. The third kappa shape index (κ3) is 3.05. The number of hydrogen-bond donors (Lipinski definition) is 1. The van der Waals surface area contributed by atoms with Gasteiger partial charge in [0.2, 0.25) is 5.91 Å². The van der Waals surface area contributed by atoms with E-state index in [1.807, 2.05) is 0 Å². The predicted molar refractivity (Wildman–Crippen MR) is 73.2 cm³/mol. The fraction of sp³-hybridized carbons (Fsp3) is 0.467. The third-order valence-electron chi connectivity index (χ3n) is 3.84. The lowest BCUT2D eigenvalue weighted by Gasteiger charge is -2.28. The minimum Gasteiger partial charge on any atom is -0.481 e. The number of carbonyl (C=O) groups is 2. The quantitative estimate of drug-likeness (QED) is 0.898. The topological polar surface area (TPSA) is 66.8 Å². The van der Waals surface area contributed by atoms with Crippen molar-refractivity contribution in [2.24, 2.45) is 5.92 Å². The number of carboxylic acid groups (broad SMARTS) is 1. The summed E-state index contributed by atoms with van der Waals surface area (Å²) in [4.78, 5) is 25.1. The highest BCUT2D eigenvalue weighted by molar-refractivity contribution is 5.87. The van der Waals surface area contributed by atoms with Crippen molar-refractivity contribution in [2.75, 3.05) is 20.3 Å². The van der Waals surface area contributed by atoms with Crippen molar-refractivity contribution in [3.8, 4) is 0 Å². The van der Waals surface area contributed by atoms with Gasteiger partial charge in [-0.25, -0.2) is 4.39 Å². The Balaban J connectivity index is 2.41. The average Bonchev–Trinajstić information content (AvgIpc) is 2.74. The molecule has 1 aromatic carbocycles. The van der Waals surface area contributed by atoms with Crippen molar-refractivity contribution in [1.82, 2.24) is 4.90 Å². The molecular weight excluding hydrogens is 277 g/mol. The number of ether oxygens (including phenoxy) is 1. The van der Waals surface area contributed by atoms with Crippen LogP contribution in [0.4, 0.5) is 4.39 Å². The molecule has 0 bridgehead atoms. The van der Waals surface area contributed by atoms with Gasteiger partial charge in [-0.2, -0.15) is 0 Å². The van der Waals surface area contributed by atoms with E-state index in [4.69, 9.17) is 4.74 Å². The summed E-state index contributed by atoms with van der Waals surface area (Å²) in [6, 6.07) is 3.62. The molecular formula is C15H18FNO4. The van der Waals surface area contributed by atoms with E-state index < -0.39 is 17.9 Å². The van der Waals surface area contributed by atoms with Crippen molar-refractivity contribution in [2.45, 2.75) is 19.4 Å². The number of methoxy groups -OCH3 is 1. The highest BCUT2D eigenvalue weighted by Crippen LogP contribution is 2.39. The van der Waals surface area contributed by atoms with E-state index in [1.165, 1.54) is 24.1 Å². The number of aryl methyl sites for hydroxylation is 1. The zero-order valence-corrected chi connectivity index (χ0v) is 12.0. The van der Waals surface area contributed by atoms with Crippen molar-refractivity contribution >= 4 is 11.9 Å². The van der Waals surface area contributed by atoms with Crippen LogP contribution in [-0.4, -0.2) is 42.1 Å². The summed E-state index contributed by atoms with van der Waals surface area (Å²) >= 11 is 0. The summed E-state index contributed by atoms with van der Waals surface area (Å²) in [5, 5.41) is 9.37. The number of amides is 1. The molecule has 6 heteroatoms. The van der Waals surface area contributed by atoms with Crippen LogP contribution < -0.4 is 0 Å². The normalized spacial score (nSPS) is 21.9. The van der Waals surface area contributed by atoms with Crippen LogP contribution in [0.2, 0.25) is 0 Å². The van der Waals surface area contributed by atoms with Gasteiger partial charge in [-0.15, -0.1) is 0 Å². The van der Waals surface area contributed by atoms with E-state index >= 15 is 0 Å². The molecule has 1 fully saturated rings. The van der Waals surface area contributed by atoms with Gasteiger partial charge in [-0.1, -0.05) is 6.07 Å². The molecule has 0 aromatic heterocycles. The van der Waals surface area contributed by atoms with Crippen LogP contribution in [0.1, 0.15) is 23.6 Å². The fourth-order valence-electron chi connectivity index (χ4n) is 2.82. The van der Waals surface area contributed by atoms with E-state index in [9.17, 15) is 19.1 Å². The number of aliphatic carboxylic acids is 1. The summed E-state index contributed by atoms with van der Waals surface area (Å²) in [5.41, 5.74) is 1.31. The minimum atomic E-state index is -1.02. The number of carbonyl (C=O) groups excluding carboxylic acids is 1. The van der Waals surface area contributed by atoms with Crippen molar-refractivity contribution in [3.63, 3.8) is 0 Å². The molecule has 5 nitrogen and oxygen atoms in total. The molecule has 1 aromatic rings. The Labute approximate surface area is 122 Å². The van der Waals surface area contributed by atoms with Gasteiger partial charge >= 0.3 is 5.97 Å². The molecule has 1 amide bonds. The summed E-state index contributed by atoms with van der Waals surface area (Å²) in [6.07, 6.45) is -0.0411. The van der Waals surface area contributed by atoms with Crippen LogP contribution in [0.5, 0.6) is 0 Å². The second-order valence-corrected chi connectivity index (χ2v) is 5.17. The maximum atomic E-state index is 13.2. The fourth-order valence-corrected chi connectivity index (χ4v) is 2.82. The molecule has 0 radical (unpaired) electrons. The van der Waals surface area contributed by atoms with Crippen LogP contribution in [0, 0.1) is 18.7 Å². The van der Waals surface area contributed by atoms with Crippen molar-refractivity contribution < 1.29 is 23.8 Å². The van der Waals surface area contributed by atoms with E-state index in [1.54, 1.807) is 13.0 Å². The molecule has 0 saturated carbocycles. The Bertz CT molecular complexity index is 561. The average molecular weight is 295 g/mol. The standard InChI is InChI=1S/C15H18FNO4/c1-9-7-10(16)3-4-11(9)14-12(15(19)20)8-13(18)17(14)5-6-21-2/h3-4,7,12,14H,5-6,8H2,1-2H3,(H,19,20)/t12-,14+/m1/s1. The van der Waals surface area contributed by atoms with Gasteiger partial charge in [-0.3, -0.25) is 9.59 Å². The van der Waals surface area contributed by atoms with E-state index in [0.29, 0.717) is 24.3 Å². The lowest BCUT2D eigenvalue weighted by Crippen LogP contribution is -2.33. The Hall–Kier alpha value is -1.95. The number of hydrogen-bond acceptors (Lipinski definition) is 3. The van der Waals surface area contributed by atoms with Gasteiger partial charge in [0.1, 0.15) is 5.82 Å². The molecule has 1 aliphatic heterocycles. The maximum absolute atomic E-state index is 13.2. The van der Waals surface area contributed by atoms with Crippen LogP contribution in [0.15, 0.2) is 18.2 Å². The zero-order valence-electron chi connectivity index (χ0n) is 12.0. The molecule has 2 rings (SSSR count). The summed E-state index contributed by atoms with van der Waals surface area (Å²) in [7, 11) is 1.52. The molecule has 21 heavy (non-hydrogen) atoms. The first-order valence-corrected chi connectivity index (χ1v) is 6.73. The number of halogens is 1. The first-order valence-electron chi connectivity index (χ1n) is 6.73. The second kappa shape index (κ2) is 6.22. The van der Waals surface area contributed by atoms with Gasteiger partial charge in [0.25, 0.3) is 0 Å². The Morgan fingerprint density at radius 1 is 1.52 bits per heavy atom. The van der Waals surface area contributed by atoms with Crippen LogP contribution in [0.25, 0.3) is 0 Å². The van der Waals surface area contributed by atoms with E-state index in [0.717, 1.165) is 0 Å². The molecule has 1 aliphatic rings. The van der Waals surface area contributed by atoms with Crippen molar-refractivity contribution in [1.29, 1.82) is 0 Å². The van der Waals surface area contributed by atoms with Crippen LogP contribution in [-0.2, 0) is 14.3 Å². The molecule has 0 spiro atoms. The first-order chi connectivity index (χ1) is 9.95. The number of likely N-dealkylation sites (tertiary alicyclic amines) is 1. The molecule has 1 saturated heterocycles. The highest BCUT2D eigenvalue weighted by Gasteiger charge is 2.44. The maximum Gasteiger partial charge on any atom is 0.309 e. The third-order valence-corrected chi connectivity index (χ3v) is 3.84. The van der Waals surface area contributed by atoms with Crippen LogP contribution >= 0.6 is 0 Å². The largest absolute Gasteiger partial charge is 0.481 e. The minimum absolute atomic E-state index is 0.0411. The van der Waals surface area contributed by atoms with Gasteiger partial charge in [0.05, 0.1) is 18.6 Å². The molecule has 2 atom stereocenters. The first kappa shape index (κ1) is 15.4. The van der Waals surface area contributed by atoms with Gasteiger partial charge in [0.15, 0.2) is 0 Å². The predicted octanol–water partition coefficient (Wildman–Crippen LogP) is 1.75. The highest BCUT2D eigenvalue weighted by atomic mass is 19.1. The Kier molecular flexibility index (Phi) is 4.57. The van der Waals surface area contributed by atoms with E-state index in [2.05, 4.69) is 0 Å².